The highest BCUT2D eigenvalue weighted by Gasteiger charge is 2.11. The van der Waals surface area contributed by atoms with Gasteiger partial charge < -0.3 is 0 Å². The quantitative estimate of drug-likeness (QED) is 0.426. The number of hydrogen-bond acceptors (Lipinski definition) is 4. The molecule has 0 spiro atoms. The largest absolute Gasteiger partial charge is 0.330 e. The third-order valence-corrected chi connectivity index (χ3v) is 1.71. The van der Waals surface area contributed by atoms with E-state index in [2.05, 4.69) is 11.4 Å². The Kier molecular flexibility index (Phi) is 3.56. The summed E-state index contributed by atoms with van der Waals surface area (Å²) in [6.45, 7) is 3.42. The van der Waals surface area contributed by atoms with E-state index in [0.717, 1.165) is 5.56 Å². The second-order valence-electron chi connectivity index (χ2n) is 2.87. The van der Waals surface area contributed by atoms with Gasteiger partial charge in [0.1, 0.15) is 0 Å². The van der Waals surface area contributed by atoms with Crippen LogP contribution in [0.25, 0.3) is 0 Å². The molecule has 78 valence electrons. The Morgan fingerprint density at radius 2 is 2.00 bits per heavy atom. The van der Waals surface area contributed by atoms with E-state index in [0.29, 0.717) is 0 Å². The second-order valence-corrected chi connectivity index (χ2v) is 2.87. The summed E-state index contributed by atoms with van der Waals surface area (Å²) in [7, 11) is 0. The Labute approximate surface area is 86.1 Å². The van der Waals surface area contributed by atoms with Gasteiger partial charge in [0.15, 0.2) is 0 Å². The Morgan fingerprint density at radius 1 is 1.40 bits per heavy atom. The van der Waals surface area contributed by atoms with Gasteiger partial charge in [0.25, 0.3) is 0 Å². The van der Waals surface area contributed by atoms with Gasteiger partial charge in [0.2, 0.25) is 0 Å². The van der Waals surface area contributed by atoms with Crippen LogP contribution in [0.4, 0.5) is 0 Å². The van der Waals surface area contributed by atoms with Crippen LogP contribution < -0.4 is 0 Å². The van der Waals surface area contributed by atoms with Crippen LogP contribution in [-0.2, 0) is 16.1 Å². The van der Waals surface area contributed by atoms with Crippen LogP contribution in [0.15, 0.2) is 42.5 Å². The molecule has 0 N–H and O–H groups in total. The second kappa shape index (κ2) is 4.90. The molecular formula is C10H9NO4. The maximum atomic E-state index is 11.0. The predicted octanol–water partition coefficient (Wildman–Crippen LogP) is 1.52. The van der Waals surface area contributed by atoms with E-state index in [1.807, 2.05) is 6.07 Å². The first kappa shape index (κ1) is 10.9. The van der Waals surface area contributed by atoms with Crippen LogP contribution in [0.3, 0.4) is 0 Å². The van der Waals surface area contributed by atoms with Crippen LogP contribution in [0.5, 0.6) is 0 Å². The normalized spacial score (nSPS) is 9.33. The monoisotopic (exact) mass is 207 g/mol. The smallest absolute Gasteiger partial charge is 0.263 e. The maximum Gasteiger partial charge on any atom is 0.330 e. The number of nitrogens with zero attached hydrogens (tertiary/aromatic N) is 1. The van der Waals surface area contributed by atoms with Crippen molar-refractivity contribution in [3.05, 3.63) is 58.2 Å². The molecule has 1 rings (SSSR count). The van der Waals surface area contributed by atoms with Gasteiger partial charge >= 0.3 is 11.1 Å². The zero-order valence-corrected chi connectivity index (χ0v) is 7.88. The molecule has 0 radical (unpaired) electrons. The van der Waals surface area contributed by atoms with Crippen molar-refractivity contribution in [2.75, 3.05) is 0 Å². The number of benzene rings is 1. The van der Waals surface area contributed by atoms with E-state index in [1.165, 1.54) is 0 Å². The minimum Gasteiger partial charge on any atom is -0.263 e. The summed E-state index contributed by atoms with van der Waals surface area (Å²) in [4.78, 5) is 24.7. The van der Waals surface area contributed by atoms with Crippen molar-refractivity contribution >= 4 is 5.97 Å². The van der Waals surface area contributed by atoms with Crippen LogP contribution in [0, 0.1) is 10.1 Å². The first-order valence-corrected chi connectivity index (χ1v) is 4.18. The summed E-state index contributed by atoms with van der Waals surface area (Å²) in [5.74, 6) is -1.01. The van der Waals surface area contributed by atoms with Crippen LogP contribution in [-0.4, -0.2) is 11.1 Å². The fraction of sp³-hybridized carbons (Fsp3) is 0.100. The lowest BCUT2D eigenvalue weighted by atomic mass is 10.1. The van der Waals surface area contributed by atoms with Crippen molar-refractivity contribution < 1.29 is 14.7 Å². The number of hydrogen-bond donors (Lipinski definition) is 0. The molecular weight excluding hydrogens is 198 g/mol. The highest BCUT2D eigenvalue weighted by molar-refractivity contribution is 5.87. The number of carbonyl (C=O) groups excluding carboxylic acids is 1. The van der Waals surface area contributed by atoms with Gasteiger partial charge in [-0.3, -0.25) is 4.79 Å². The van der Waals surface area contributed by atoms with Crippen molar-refractivity contribution in [1.82, 2.24) is 0 Å². The van der Waals surface area contributed by atoms with Crippen molar-refractivity contribution in [3.63, 3.8) is 0 Å². The summed E-state index contributed by atoms with van der Waals surface area (Å²) in [5, 5.41) is 8.75. The summed E-state index contributed by atoms with van der Waals surface area (Å²) < 4.78 is 0. The molecule has 0 aliphatic heterocycles. The van der Waals surface area contributed by atoms with Crippen molar-refractivity contribution in [2.45, 2.75) is 6.42 Å². The Bertz CT molecular complexity index is 386. The molecule has 0 unspecified atom stereocenters. The third-order valence-electron chi connectivity index (χ3n) is 1.71. The molecule has 0 amide bonds. The van der Waals surface area contributed by atoms with E-state index in [9.17, 15) is 14.9 Å². The summed E-state index contributed by atoms with van der Waals surface area (Å²) in [6.07, 6.45) is 0.244. The van der Waals surface area contributed by atoms with Gasteiger partial charge in [-0.1, -0.05) is 36.9 Å². The standard InChI is InChI=1S/C10H9NO4/c1-8(10(12)15-11(13)14)7-9-5-3-2-4-6-9/h2-6H,1,7H2. The van der Waals surface area contributed by atoms with Crippen molar-refractivity contribution in [1.29, 1.82) is 0 Å². The summed E-state index contributed by atoms with van der Waals surface area (Å²) >= 11 is 0. The molecule has 0 fully saturated rings. The maximum absolute atomic E-state index is 11.0. The van der Waals surface area contributed by atoms with Crippen molar-refractivity contribution in [2.24, 2.45) is 0 Å². The van der Waals surface area contributed by atoms with Gasteiger partial charge in [0, 0.05) is 12.0 Å². The molecule has 0 saturated heterocycles. The molecule has 15 heavy (non-hydrogen) atoms. The van der Waals surface area contributed by atoms with Crippen LogP contribution >= 0.6 is 0 Å². The fourth-order valence-corrected chi connectivity index (χ4v) is 1.05. The molecule has 0 bridgehead atoms. The minimum atomic E-state index is -1.14. The molecule has 1 aromatic carbocycles. The third kappa shape index (κ3) is 3.60. The molecule has 0 heterocycles. The zero-order chi connectivity index (χ0) is 11.3. The predicted molar refractivity (Wildman–Crippen MR) is 52.4 cm³/mol. The molecule has 1 aromatic rings. The van der Waals surface area contributed by atoms with Gasteiger partial charge in [-0.2, -0.15) is 0 Å². The summed E-state index contributed by atoms with van der Waals surface area (Å²) in [5.41, 5.74) is 0.903. The number of carbonyl (C=O) groups is 1. The summed E-state index contributed by atoms with van der Waals surface area (Å²) in [6, 6.07) is 9.04. The average molecular weight is 207 g/mol. The lowest BCUT2D eigenvalue weighted by Gasteiger charge is -2.02. The highest BCUT2D eigenvalue weighted by atomic mass is 17.0. The fourth-order valence-electron chi connectivity index (χ4n) is 1.05. The SMILES string of the molecule is C=C(Cc1ccccc1)C(=O)O[N+](=O)[O-]. The molecule has 0 saturated carbocycles. The van der Waals surface area contributed by atoms with E-state index >= 15 is 0 Å². The lowest BCUT2D eigenvalue weighted by molar-refractivity contribution is -0.728. The van der Waals surface area contributed by atoms with Gasteiger partial charge in [-0.25, -0.2) is 4.84 Å². The zero-order valence-electron chi connectivity index (χ0n) is 7.88. The minimum absolute atomic E-state index is 0.0536. The molecule has 0 aliphatic rings. The van der Waals surface area contributed by atoms with E-state index in [1.54, 1.807) is 24.3 Å². The van der Waals surface area contributed by atoms with Gasteiger partial charge in [-0.15, -0.1) is 10.1 Å². The first-order valence-electron chi connectivity index (χ1n) is 4.18. The number of rotatable bonds is 4. The average Bonchev–Trinajstić information content (AvgIpc) is 2.18. The Balaban J connectivity index is 2.56. The molecule has 0 aliphatic carbocycles. The van der Waals surface area contributed by atoms with Crippen LogP contribution in [0.2, 0.25) is 0 Å². The van der Waals surface area contributed by atoms with Gasteiger partial charge in [-0.05, 0) is 5.56 Å². The van der Waals surface area contributed by atoms with Crippen molar-refractivity contribution in [3.8, 4) is 0 Å². The van der Waals surface area contributed by atoms with E-state index < -0.39 is 11.1 Å². The van der Waals surface area contributed by atoms with E-state index in [-0.39, 0.29) is 12.0 Å². The molecule has 0 atom stereocenters. The van der Waals surface area contributed by atoms with E-state index in [4.69, 9.17) is 0 Å². The lowest BCUT2D eigenvalue weighted by Crippen LogP contribution is -2.13. The molecule has 5 nitrogen and oxygen atoms in total. The molecule has 0 aromatic heterocycles. The Hall–Kier alpha value is -2.17. The topological polar surface area (TPSA) is 69.4 Å². The Morgan fingerprint density at radius 3 is 2.53 bits per heavy atom. The van der Waals surface area contributed by atoms with Crippen LogP contribution in [0.1, 0.15) is 5.56 Å². The molecule has 5 heteroatoms. The first-order chi connectivity index (χ1) is 7.09. The van der Waals surface area contributed by atoms with Gasteiger partial charge in [0.05, 0.1) is 0 Å². The highest BCUT2D eigenvalue weighted by Crippen LogP contribution is 2.07.